The summed E-state index contributed by atoms with van der Waals surface area (Å²) in [5.41, 5.74) is 1.79. The maximum absolute atomic E-state index is 11.4. The number of carbonyl (C=O) groups excluding carboxylic acids is 1. The van der Waals surface area contributed by atoms with Gasteiger partial charge in [-0.1, -0.05) is 15.9 Å². The van der Waals surface area contributed by atoms with E-state index in [2.05, 4.69) is 15.9 Å². The molecule has 2 nitrogen and oxygen atoms in total. The number of hydrogen-bond acceptors (Lipinski definition) is 2. The number of hydrogen-bond donors (Lipinski definition) is 0. The van der Waals surface area contributed by atoms with Gasteiger partial charge in [0, 0.05) is 10.9 Å². The second-order valence-electron chi connectivity index (χ2n) is 3.12. The van der Waals surface area contributed by atoms with Crippen LogP contribution in [0.2, 0.25) is 0 Å². The first-order chi connectivity index (χ1) is 6.18. The Labute approximate surface area is 85.0 Å². The maximum Gasteiger partial charge on any atom is 0.170 e. The van der Waals surface area contributed by atoms with Crippen LogP contribution in [0.1, 0.15) is 22.3 Å². The summed E-state index contributed by atoms with van der Waals surface area (Å²) in [6.07, 6.45) is 0.489. The number of rotatable bonds is 0. The zero-order valence-corrected chi connectivity index (χ0v) is 8.85. The van der Waals surface area contributed by atoms with Crippen molar-refractivity contribution in [1.29, 1.82) is 0 Å². The van der Waals surface area contributed by atoms with Crippen molar-refractivity contribution in [2.45, 2.75) is 13.3 Å². The van der Waals surface area contributed by atoms with Crippen LogP contribution in [0.3, 0.4) is 0 Å². The van der Waals surface area contributed by atoms with Gasteiger partial charge in [0.25, 0.3) is 0 Å². The van der Waals surface area contributed by atoms with E-state index >= 15 is 0 Å². The Hall–Kier alpha value is -0.830. The smallest absolute Gasteiger partial charge is 0.170 e. The highest BCUT2D eigenvalue weighted by atomic mass is 79.9. The quantitative estimate of drug-likeness (QED) is 0.698. The number of aryl methyl sites for hydroxylation is 1. The van der Waals surface area contributed by atoms with Crippen LogP contribution in [0.5, 0.6) is 5.75 Å². The highest BCUT2D eigenvalue weighted by Crippen LogP contribution is 2.30. The van der Waals surface area contributed by atoms with Crippen molar-refractivity contribution in [2.75, 3.05) is 6.61 Å². The summed E-state index contributed by atoms with van der Waals surface area (Å²) in [5.74, 6) is 0.888. The summed E-state index contributed by atoms with van der Waals surface area (Å²) in [6, 6.07) is 3.74. The lowest BCUT2D eigenvalue weighted by Crippen LogP contribution is -2.15. The molecule has 0 bridgehead atoms. The molecule has 0 unspecified atom stereocenters. The summed E-state index contributed by atoms with van der Waals surface area (Å²) in [5, 5.41) is 0. The van der Waals surface area contributed by atoms with Crippen molar-refractivity contribution in [1.82, 2.24) is 0 Å². The first-order valence-electron chi connectivity index (χ1n) is 4.14. The van der Waals surface area contributed by atoms with Crippen LogP contribution in [0.15, 0.2) is 16.6 Å². The molecule has 1 aromatic carbocycles. The molecule has 0 N–H and O–H groups in total. The van der Waals surface area contributed by atoms with Gasteiger partial charge in [0.05, 0.1) is 12.2 Å². The van der Waals surface area contributed by atoms with E-state index in [0.717, 1.165) is 15.8 Å². The lowest BCUT2D eigenvalue weighted by Gasteiger charge is -2.17. The van der Waals surface area contributed by atoms with Crippen LogP contribution in [0.4, 0.5) is 0 Å². The molecule has 0 spiro atoms. The van der Waals surface area contributed by atoms with Crippen molar-refractivity contribution in [2.24, 2.45) is 0 Å². The molecule has 13 heavy (non-hydrogen) atoms. The molecule has 1 heterocycles. The van der Waals surface area contributed by atoms with E-state index in [-0.39, 0.29) is 5.78 Å². The van der Waals surface area contributed by atoms with Crippen LogP contribution >= 0.6 is 15.9 Å². The van der Waals surface area contributed by atoms with Gasteiger partial charge in [-0.2, -0.15) is 0 Å². The first-order valence-corrected chi connectivity index (χ1v) is 4.94. The third-order valence-corrected chi connectivity index (χ3v) is 3.00. The number of benzene rings is 1. The van der Waals surface area contributed by atoms with E-state index in [4.69, 9.17) is 4.74 Å². The van der Waals surface area contributed by atoms with E-state index in [0.29, 0.717) is 18.6 Å². The molecule has 2 rings (SSSR count). The number of ketones is 1. The summed E-state index contributed by atoms with van der Waals surface area (Å²) in [4.78, 5) is 11.4. The maximum atomic E-state index is 11.4. The molecular formula is C10H9BrO2. The number of Topliss-reactive ketones (excluding diaryl/α,β-unsaturated/α-hetero) is 1. The zero-order valence-electron chi connectivity index (χ0n) is 7.26. The van der Waals surface area contributed by atoms with Crippen molar-refractivity contribution in [3.63, 3.8) is 0 Å². The summed E-state index contributed by atoms with van der Waals surface area (Å²) >= 11 is 3.39. The minimum Gasteiger partial charge on any atom is -0.492 e. The molecule has 1 aliphatic rings. The van der Waals surface area contributed by atoms with Gasteiger partial charge in [-0.25, -0.2) is 0 Å². The van der Waals surface area contributed by atoms with Crippen LogP contribution in [-0.4, -0.2) is 12.4 Å². The Morgan fingerprint density at radius 1 is 1.46 bits per heavy atom. The van der Waals surface area contributed by atoms with Crippen LogP contribution in [-0.2, 0) is 0 Å². The van der Waals surface area contributed by atoms with Crippen molar-refractivity contribution in [3.05, 3.63) is 27.7 Å². The van der Waals surface area contributed by atoms with Gasteiger partial charge in [0.1, 0.15) is 5.75 Å². The SMILES string of the molecule is Cc1cc2c(cc1Br)C(=O)CCO2. The molecule has 0 saturated heterocycles. The predicted molar refractivity (Wildman–Crippen MR) is 53.3 cm³/mol. The first kappa shape index (κ1) is 8.75. The Bertz CT molecular complexity index is 371. The summed E-state index contributed by atoms with van der Waals surface area (Å²) in [7, 11) is 0. The Balaban J connectivity index is 2.58. The van der Waals surface area contributed by atoms with Gasteiger partial charge < -0.3 is 4.74 Å². The standard InChI is InChI=1S/C10H9BrO2/c1-6-4-10-7(5-8(6)11)9(12)2-3-13-10/h4-5H,2-3H2,1H3. The molecule has 0 aliphatic carbocycles. The molecule has 1 aliphatic heterocycles. The summed E-state index contributed by atoms with van der Waals surface area (Å²) < 4.78 is 6.35. The zero-order chi connectivity index (χ0) is 9.42. The normalized spacial score (nSPS) is 15.1. The van der Waals surface area contributed by atoms with Crippen molar-refractivity contribution >= 4 is 21.7 Å². The fourth-order valence-corrected chi connectivity index (χ4v) is 1.72. The Morgan fingerprint density at radius 3 is 3.00 bits per heavy atom. The largest absolute Gasteiger partial charge is 0.492 e. The van der Waals surface area contributed by atoms with E-state index in [1.807, 2.05) is 19.1 Å². The van der Waals surface area contributed by atoms with E-state index in [9.17, 15) is 4.79 Å². The number of fused-ring (bicyclic) bond motifs is 1. The molecule has 0 aromatic heterocycles. The fraction of sp³-hybridized carbons (Fsp3) is 0.300. The molecule has 0 radical (unpaired) electrons. The van der Waals surface area contributed by atoms with E-state index in [1.54, 1.807) is 0 Å². The molecule has 0 saturated carbocycles. The Morgan fingerprint density at radius 2 is 2.23 bits per heavy atom. The van der Waals surface area contributed by atoms with Gasteiger partial charge in [0.2, 0.25) is 0 Å². The molecule has 0 amide bonds. The topological polar surface area (TPSA) is 26.3 Å². The lowest BCUT2D eigenvalue weighted by atomic mass is 10.0. The minimum atomic E-state index is 0.168. The minimum absolute atomic E-state index is 0.168. The monoisotopic (exact) mass is 240 g/mol. The van der Waals surface area contributed by atoms with Gasteiger partial charge in [0.15, 0.2) is 5.78 Å². The van der Waals surface area contributed by atoms with Gasteiger partial charge in [-0.15, -0.1) is 0 Å². The molecule has 0 atom stereocenters. The average Bonchev–Trinajstić information content (AvgIpc) is 2.09. The third-order valence-electron chi connectivity index (χ3n) is 2.15. The fourth-order valence-electron chi connectivity index (χ4n) is 1.38. The van der Waals surface area contributed by atoms with Crippen molar-refractivity contribution < 1.29 is 9.53 Å². The molecular weight excluding hydrogens is 232 g/mol. The molecule has 68 valence electrons. The lowest BCUT2D eigenvalue weighted by molar-refractivity contribution is 0.0933. The summed E-state index contributed by atoms with van der Waals surface area (Å²) in [6.45, 7) is 2.49. The molecule has 3 heteroatoms. The number of halogens is 1. The third kappa shape index (κ3) is 1.48. The van der Waals surface area contributed by atoms with E-state index in [1.165, 1.54) is 0 Å². The number of ether oxygens (including phenoxy) is 1. The van der Waals surface area contributed by atoms with Crippen LogP contribution < -0.4 is 4.74 Å². The Kier molecular flexibility index (Phi) is 2.12. The highest BCUT2D eigenvalue weighted by molar-refractivity contribution is 9.10. The van der Waals surface area contributed by atoms with Gasteiger partial charge >= 0.3 is 0 Å². The number of carbonyl (C=O) groups is 1. The van der Waals surface area contributed by atoms with Crippen LogP contribution in [0.25, 0.3) is 0 Å². The predicted octanol–water partition coefficient (Wildman–Crippen LogP) is 2.72. The van der Waals surface area contributed by atoms with E-state index < -0.39 is 0 Å². The molecule has 0 fully saturated rings. The van der Waals surface area contributed by atoms with Crippen LogP contribution in [0, 0.1) is 6.92 Å². The van der Waals surface area contributed by atoms with Gasteiger partial charge in [-0.05, 0) is 24.6 Å². The molecule has 1 aromatic rings. The van der Waals surface area contributed by atoms with Crippen molar-refractivity contribution in [3.8, 4) is 5.75 Å². The highest BCUT2D eigenvalue weighted by Gasteiger charge is 2.19. The second-order valence-corrected chi connectivity index (χ2v) is 3.97. The average molecular weight is 241 g/mol. The van der Waals surface area contributed by atoms with Gasteiger partial charge in [-0.3, -0.25) is 4.79 Å². The second kappa shape index (κ2) is 3.14.